The number of carbonyl (C=O) groups excluding carboxylic acids is 4. The van der Waals surface area contributed by atoms with Crippen LogP contribution in [0.4, 0.5) is 0 Å². The number of rotatable bonds is 12. The SMILES string of the molecule is CC[Si](CC)(CC)OCC1(C)CNC(=O)[C@@H](Cc2ccc(OC)c(Cl)c2)NC(=O)/C=C\C[C@@H]([C@H](C)CO)OC(=O)[C@H](CC(C)(C)C)NC1=O. The molecule has 276 valence electrons. The lowest BCUT2D eigenvalue weighted by Gasteiger charge is -2.37. The summed E-state index contributed by atoms with van der Waals surface area (Å²) in [7, 11) is -0.663. The van der Waals surface area contributed by atoms with E-state index in [9.17, 15) is 24.3 Å². The van der Waals surface area contributed by atoms with Gasteiger partial charge < -0.3 is 35.0 Å². The van der Waals surface area contributed by atoms with Gasteiger partial charge in [-0.15, -0.1) is 0 Å². The van der Waals surface area contributed by atoms with E-state index in [1.54, 1.807) is 38.1 Å². The van der Waals surface area contributed by atoms with Crippen molar-refractivity contribution in [3.63, 3.8) is 0 Å². The fraction of sp³-hybridized carbons (Fsp3) is 0.667. The Morgan fingerprint density at radius 3 is 2.29 bits per heavy atom. The number of carbonyl (C=O) groups is 4. The molecule has 5 atom stereocenters. The zero-order chi connectivity index (χ0) is 37.0. The standard InChI is InChI=1S/C36H58ClN3O8Si/c1-10-49(11-2,12-3)47-23-36(8)22-38-32(43)27(19-25-16-17-30(46-9)26(37)18-25)39-31(42)15-13-14-29(24(4)21-41)48-33(44)28(40-34(36)45)20-35(5,6)7/h13,15-18,24,27-29,41H,10-12,14,19-23H2,1-9H3,(H,38,43)(H,39,42)(H,40,45)/b15-13-/t24-,27-,28+,29+,36?/m1/s1. The molecule has 0 radical (unpaired) electrons. The summed E-state index contributed by atoms with van der Waals surface area (Å²) >= 11 is 6.36. The van der Waals surface area contributed by atoms with Crippen LogP contribution in [0.25, 0.3) is 0 Å². The lowest BCUT2D eigenvalue weighted by Crippen LogP contribution is -2.57. The number of hydrogen-bond donors (Lipinski definition) is 4. The van der Waals surface area contributed by atoms with Gasteiger partial charge in [0, 0.05) is 38.5 Å². The fourth-order valence-electron chi connectivity index (χ4n) is 5.67. The van der Waals surface area contributed by atoms with Crippen molar-refractivity contribution in [3.8, 4) is 5.75 Å². The molecule has 0 saturated carbocycles. The van der Waals surface area contributed by atoms with Crippen molar-refractivity contribution < 1.29 is 38.2 Å². The van der Waals surface area contributed by atoms with Crippen LogP contribution in [0.15, 0.2) is 30.4 Å². The molecule has 1 aliphatic heterocycles. The second kappa shape index (κ2) is 18.9. The molecule has 1 aromatic rings. The Labute approximate surface area is 298 Å². The molecule has 2 rings (SSSR count). The maximum atomic E-state index is 14.3. The first-order chi connectivity index (χ1) is 22.9. The lowest BCUT2D eigenvalue weighted by atomic mass is 9.86. The van der Waals surface area contributed by atoms with Crippen LogP contribution in [0.3, 0.4) is 0 Å². The third-order valence-electron chi connectivity index (χ3n) is 9.35. The number of aliphatic hydroxyl groups excluding tert-OH is 1. The molecule has 3 amide bonds. The number of ether oxygens (including phenoxy) is 2. The third-order valence-corrected chi connectivity index (χ3v) is 14.3. The quantitative estimate of drug-likeness (QED) is 0.175. The largest absolute Gasteiger partial charge is 0.495 e. The monoisotopic (exact) mass is 723 g/mol. The van der Waals surface area contributed by atoms with E-state index in [4.69, 9.17) is 25.5 Å². The van der Waals surface area contributed by atoms with Crippen LogP contribution >= 0.6 is 11.6 Å². The first-order valence-electron chi connectivity index (χ1n) is 17.3. The summed E-state index contributed by atoms with van der Waals surface area (Å²) in [5, 5.41) is 18.9. The van der Waals surface area contributed by atoms with E-state index in [1.807, 2.05) is 20.8 Å². The van der Waals surface area contributed by atoms with Gasteiger partial charge in [0.05, 0.1) is 17.5 Å². The van der Waals surface area contributed by atoms with Crippen LogP contribution in [-0.4, -0.2) is 82.2 Å². The number of hydrogen-bond acceptors (Lipinski definition) is 8. The Hall–Kier alpha value is -2.93. The molecule has 0 aliphatic carbocycles. The van der Waals surface area contributed by atoms with E-state index in [0.29, 0.717) is 16.3 Å². The second-order valence-electron chi connectivity index (χ2n) is 14.6. The van der Waals surface area contributed by atoms with Gasteiger partial charge >= 0.3 is 5.97 Å². The zero-order valence-electron chi connectivity index (χ0n) is 30.7. The van der Waals surface area contributed by atoms with Gasteiger partial charge in [-0.1, -0.05) is 72.2 Å². The molecule has 0 spiro atoms. The molecule has 0 aromatic heterocycles. The summed E-state index contributed by atoms with van der Waals surface area (Å²) in [4.78, 5) is 54.9. The average molecular weight is 724 g/mol. The van der Waals surface area contributed by atoms with Gasteiger partial charge in [-0.3, -0.25) is 14.4 Å². The minimum atomic E-state index is -2.17. The summed E-state index contributed by atoms with van der Waals surface area (Å²) in [6.07, 6.45) is 2.58. The van der Waals surface area contributed by atoms with E-state index in [2.05, 4.69) is 36.7 Å². The van der Waals surface area contributed by atoms with E-state index >= 15 is 0 Å². The topological polar surface area (TPSA) is 152 Å². The Bertz CT molecular complexity index is 1310. The smallest absolute Gasteiger partial charge is 0.328 e. The molecule has 1 aliphatic rings. The molecule has 4 N–H and O–H groups in total. The highest BCUT2D eigenvalue weighted by atomic mass is 35.5. The molecule has 49 heavy (non-hydrogen) atoms. The van der Waals surface area contributed by atoms with Crippen molar-refractivity contribution in [1.29, 1.82) is 0 Å². The highest BCUT2D eigenvalue weighted by Crippen LogP contribution is 2.29. The third kappa shape index (κ3) is 12.7. The van der Waals surface area contributed by atoms with Crippen LogP contribution in [0.1, 0.15) is 73.8 Å². The Balaban J connectivity index is 2.61. The molecule has 0 fully saturated rings. The molecular formula is C36H58ClN3O8Si. The van der Waals surface area contributed by atoms with Gasteiger partial charge in [0.2, 0.25) is 17.7 Å². The van der Waals surface area contributed by atoms with Crippen molar-refractivity contribution in [1.82, 2.24) is 16.0 Å². The van der Waals surface area contributed by atoms with Crippen LogP contribution in [0.5, 0.6) is 5.75 Å². The summed E-state index contributed by atoms with van der Waals surface area (Å²) < 4.78 is 17.8. The molecule has 0 bridgehead atoms. The number of halogens is 1. The molecular weight excluding hydrogens is 666 g/mol. The molecule has 1 unspecified atom stereocenters. The van der Waals surface area contributed by atoms with Crippen molar-refractivity contribution in [2.45, 2.75) is 111 Å². The number of esters is 1. The number of cyclic esters (lactones) is 1. The first-order valence-corrected chi connectivity index (χ1v) is 20.2. The molecule has 0 saturated heterocycles. The van der Waals surface area contributed by atoms with E-state index in [-0.39, 0.29) is 44.4 Å². The van der Waals surface area contributed by atoms with Crippen LogP contribution in [0.2, 0.25) is 23.2 Å². The summed E-state index contributed by atoms with van der Waals surface area (Å²) in [6.45, 7) is 15.3. The number of benzene rings is 1. The normalized spacial score (nSPS) is 24.7. The van der Waals surface area contributed by atoms with Gasteiger partial charge in [0.25, 0.3) is 0 Å². The second-order valence-corrected chi connectivity index (χ2v) is 19.8. The minimum absolute atomic E-state index is 0.0240. The predicted octanol–water partition coefficient (Wildman–Crippen LogP) is 4.94. The van der Waals surface area contributed by atoms with Gasteiger partial charge in [-0.2, -0.15) is 0 Å². The number of aliphatic hydroxyl groups is 1. The van der Waals surface area contributed by atoms with Crippen molar-refractivity contribution in [2.75, 3.05) is 26.9 Å². The predicted molar refractivity (Wildman–Crippen MR) is 194 cm³/mol. The Kier molecular flexibility index (Phi) is 16.3. The fourth-order valence-corrected chi connectivity index (χ4v) is 8.68. The van der Waals surface area contributed by atoms with Crippen LogP contribution in [-0.2, 0) is 34.8 Å². The van der Waals surface area contributed by atoms with E-state index < -0.39 is 61.5 Å². The van der Waals surface area contributed by atoms with Crippen molar-refractivity contribution in [2.24, 2.45) is 16.7 Å². The van der Waals surface area contributed by atoms with Crippen molar-refractivity contribution in [3.05, 3.63) is 40.9 Å². The van der Waals surface area contributed by atoms with Gasteiger partial charge in [-0.05, 0) is 60.7 Å². The molecule has 1 heterocycles. The van der Waals surface area contributed by atoms with E-state index in [1.165, 1.54) is 13.2 Å². The Morgan fingerprint density at radius 1 is 1.08 bits per heavy atom. The van der Waals surface area contributed by atoms with Gasteiger partial charge in [0.1, 0.15) is 23.9 Å². The average Bonchev–Trinajstić information content (AvgIpc) is 3.05. The molecule has 1 aromatic carbocycles. The summed E-state index contributed by atoms with van der Waals surface area (Å²) in [5.74, 6) is -2.11. The number of amides is 3. The highest BCUT2D eigenvalue weighted by Gasteiger charge is 2.41. The summed E-state index contributed by atoms with van der Waals surface area (Å²) in [5.41, 5.74) is -0.954. The molecule has 13 heteroatoms. The van der Waals surface area contributed by atoms with Crippen molar-refractivity contribution >= 4 is 43.6 Å². The minimum Gasteiger partial charge on any atom is -0.495 e. The van der Waals surface area contributed by atoms with Crippen LogP contribution < -0.4 is 20.7 Å². The van der Waals surface area contributed by atoms with E-state index in [0.717, 1.165) is 18.1 Å². The van der Waals surface area contributed by atoms with Gasteiger partial charge in [0.15, 0.2) is 8.32 Å². The highest BCUT2D eigenvalue weighted by molar-refractivity contribution is 6.73. The lowest BCUT2D eigenvalue weighted by molar-refractivity contribution is -0.158. The molecule has 11 nitrogen and oxygen atoms in total. The number of methoxy groups -OCH3 is 1. The zero-order valence-corrected chi connectivity index (χ0v) is 32.5. The first kappa shape index (κ1) is 42.2. The maximum Gasteiger partial charge on any atom is 0.328 e. The summed E-state index contributed by atoms with van der Waals surface area (Å²) in [6, 6.07) is 5.69. The van der Waals surface area contributed by atoms with Gasteiger partial charge in [-0.25, -0.2) is 4.79 Å². The van der Waals surface area contributed by atoms with Crippen LogP contribution in [0, 0.1) is 16.7 Å². The number of nitrogens with one attached hydrogen (secondary N) is 3. The maximum absolute atomic E-state index is 14.3. The Morgan fingerprint density at radius 2 is 1.73 bits per heavy atom.